The Labute approximate surface area is 277 Å². The second-order valence-electron chi connectivity index (χ2n) is 11.8. The molecule has 10 nitrogen and oxygen atoms in total. The van der Waals surface area contributed by atoms with Crippen LogP contribution in [0, 0.1) is 0 Å². The van der Waals surface area contributed by atoms with Crippen molar-refractivity contribution in [3.8, 4) is 0 Å². The first-order valence-corrected chi connectivity index (χ1v) is 15.9. The molecule has 2 unspecified atom stereocenters. The van der Waals surface area contributed by atoms with Crippen LogP contribution < -0.4 is 10.6 Å². The summed E-state index contributed by atoms with van der Waals surface area (Å²) in [6, 6.07) is 29.4. The molecule has 0 bridgehead atoms. The van der Waals surface area contributed by atoms with Gasteiger partial charge in [-0.05, 0) is 48.2 Å². The summed E-state index contributed by atoms with van der Waals surface area (Å²) >= 11 is 0. The van der Waals surface area contributed by atoms with Crippen molar-refractivity contribution in [1.82, 2.24) is 20.4 Å². The molecule has 6 rings (SSSR count). The zero-order valence-corrected chi connectivity index (χ0v) is 26.1. The first-order valence-electron chi connectivity index (χ1n) is 15.9. The summed E-state index contributed by atoms with van der Waals surface area (Å²) in [5.74, 6) is -2.91. The van der Waals surface area contributed by atoms with Gasteiger partial charge in [0.25, 0.3) is 23.6 Å². The third-order valence-corrected chi connectivity index (χ3v) is 8.63. The first-order chi connectivity index (χ1) is 23.3. The van der Waals surface area contributed by atoms with Crippen LogP contribution >= 0.6 is 0 Å². The molecule has 0 aromatic heterocycles. The summed E-state index contributed by atoms with van der Waals surface area (Å²) in [6.07, 6.45) is 1.30. The van der Waals surface area contributed by atoms with E-state index in [1.54, 1.807) is 48.5 Å². The van der Waals surface area contributed by atoms with Gasteiger partial charge in [-0.1, -0.05) is 84.9 Å². The van der Waals surface area contributed by atoms with E-state index in [4.69, 9.17) is 0 Å². The molecule has 2 aliphatic rings. The average Bonchev–Trinajstić information content (AvgIpc) is 3.52. The fraction of sp³-hybridized carbons (Fsp3) is 0.211. The van der Waals surface area contributed by atoms with Gasteiger partial charge in [0.2, 0.25) is 11.8 Å². The molecular weight excluding hydrogens is 608 g/mol. The van der Waals surface area contributed by atoms with Gasteiger partial charge in [-0.2, -0.15) is 0 Å². The molecule has 2 heterocycles. The lowest BCUT2D eigenvalue weighted by Crippen LogP contribution is -2.51. The van der Waals surface area contributed by atoms with Gasteiger partial charge in [0, 0.05) is 25.9 Å². The van der Waals surface area contributed by atoms with Crippen molar-refractivity contribution in [2.45, 2.75) is 37.8 Å². The maximum atomic E-state index is 13.5. The fourth-order valence-corrected chi connectivity index (χ4v) is 6.17. The number of carbonyl (C=O) groups excluding carboxylic acids is 6. The van der Waals surface area contributed by atoms with Gasteiger partial charge in [-0.25, -0.2) is 0 Å². The van der Waals surface area contributed by atoms with Crippen LogP contribution in [0.15, 0.2) is 109 Å². The van der Waals surface area contributed by atoms with Gasteiger partial charge < -0.3 is 10.6 Å². The number of nitrogens with zero attached hydrogens (tertiary/aromatic N) is 2. The van der Waals surface area contributed by atoms with E-state index in [1.807, 2.05) is 60.7 Å². The van der Waals surface area contributed by atoms with Crippen molar-refractivity contribution < 1.29 is 28.8 Å². The molecule has 242 valence electrons. The molecule has 10 heteroatoms. The topological polar surface area (TPSA) is 133 Å². The van der Waals surface area contributed by atoms with Crippen molar-refractivity contribution in [1.29, 1.82) is 0 Å². The molecule has 2 atom stereocenters. The van der Waals surface area contributed by atoms with Crippen molar-refractivity contribution in [3.63, 3.8) is 0 Å². The van der Waals surface area contributed by atoms with Crippen LogP contribution in [0.5, 0.6) is 0 Å². The Bertz CT molecular complexity index is 1670. The maximum absolute atomic E-state index is 13.5. The number of imide groups is 2. The van der Waals surface area contributed by atoms with E-state index in [0.717, 1.165) is 20.9 Å². The van der Waals surface area contributed by atoms with Gasteiger partial charge in [-0.15, -0.1) is 0 Å². The largest absolute Gasteiger partial charge is 0.354 e. The van der Waals surface area contributed by atoms with Gasteiger partial charge in [0.1, 0.15) is 12.1 Å². The SMILES string of the molecule is O=C(NCCCCNC(=O)C(Cc1ccccc1)N1C(=O)c2ccccc2C1=O)C(Cc1ccccc1)N1C(=O)c2ccccc2C1=O. The third-order valence-electron chi connectivity index (χ3n) is 8.63. The summed E-state index contributed by atoms with van der Waals surface area (Å²) in [4.78, 5) is 82.0. The summed E-state index contributed by atoms with van der Waals surface area (Å²) in [7, 11) is 0. The van der Waals surface area contributed by atoms with E-state index in [-0.39, 0.29) is 48.2 Å². The van der Waals surface area contributed by atoms with Crippen molar-refractivity contribution in [3.05, 3.63) is 143 Å². The third kappa shape index (κ3) is 6.50. The fourth-order valence-electron chi connectivity index (χ4n) is 6.17. The molecule has 4 aromatic carbocycles. The summed E-state index contributed by atoms with van der Waals surface area (Å²) in [5, 5.41) is 5.73. The normalized spacial score (nSPS) is 14.8. The molecule has 4 aromatic rings. The zero-order chi connectivity index (χ0) is 33.6. The predicted molar refractivity (Wildman–Crippen MR) is 177 cm³/mol. The second-order valence-corrected chi connectivity index (χ2v) is 11.8. The molecule has 2 aliphatic heterocycles. The number of amides is 6. The molecule has 48 heavy (non-hydrogen) atoms. The van der Waals surface area contributed by atoms with E-state index >= 15 is 0 Å². The minimum Gasteiger partial charge on any atom is -0.354 e. The predicted octanol–water partition coefficient (Wildman–Crippen LogP) is 3.81. The Kier molecular flexibility index (Phi) is 9.52. The summed E-state index contributed by atoms with van der Waals surface area (Å²) in [6.45, 7) is 0.490. The van der Waals surface area contributed by atoms with E-state index in [1.165, 1.54) is 0 Å². The standard InChI is InChI=1S/C38H34N4O6/c43-33(31(23-25-13-3-1-4-14-25)41-35(45)27-17-7-8-18-28(27)36(41)46)39-21-11-12-22-40-34(44)32(24-26-15-5-2-6-16-26)42-37(47)29-19-9-10-20-30(29)38(42)48/h1-10,13-20,31-32H,11-12,21-24H2,(H,39,43)(H,40,44). The van der Waals surface area contributed by atoms with Gasteiger partial charge in [-0.3, -0.25) is 38.6 Å². The van der Waals surface area contributed by atoms with Crippen molar-refractivity contribution in [2.75, 3.05) is 13.1 Å². The average molecular weight is 643 g/mol. The number of hydrogen-bond acceptors (Lipinski definition) is 6. The number of fused-ring (bicyclic) bond motifs is 2. The highest BCUT2D eigenvalue weighted by atomic mass is 16.2. The summed E-state index contributed by atoms with van der Waals surface area (Å²) < 4.78 is 0. The number of rotatable bonds is 13. The van der Waals surface area contributed by atoms with E-state index in [9.17, 15) is 28.8 Å². The molecule has 0 radical (unpaired) electrons. The molecule has 0 fully saturated rings. The van der Waals surface area contributed by atoms with E-state index in [0.29, 0.717) is 12.8 Å². The number of hydrogen-bond donors (Lipinski definition) is 2. The molecular formula is C38H34N4O6. The Balaban J connectivity index is 1.06. The quantitative estimate of drug-likeness (QED) is 0.168. The molecule has 0 spiro atoms. The lowest BCUT2D eigenvalue weighted by Gasteiger charge is -2.26. The lowest BCUT2D eigenvalue weighted by molar-refractivity contribution is -0.125. The highest BCUT2D eigenvalue weighted by Crippen LogP contribution is 2.27. The summed E-state index contributed by atoms with van der Waals surface area (Å²) in [5.41, 5.74) is 2.71. The number of nitrogens with one attached hydrogen (secondary N) is 2. The van der Waals surface area contributed by atoms with Crippen LogP contribution in [-0.2, 0) is 22.4 Å². The Morgan fingerprint density at radius 3 is 1.06 bits per heavy atom. The first kappa shape index (κ1) is 32.1. The van der Waals surface area contributed by atoms with Crippen LogP contribution in [0.3, 0.4) is 0 Å². The Morgan fingerprint density at radius 2 is 0.750 bits per heavy atom. The number of unbranched alkanes of at least 4 members (excludes halogenated alkanes) is 1. The molecule has 0 aliphatic carbocycles. The van der Waals surface area contributed by atoms with Crippen molar-refractivity contribution >= 4 is 35.4 Å². The lowest BCUT2D eigenvalue weighted by atomic mass is 10.0. The van der Waals surface area contributed by atoms with E-state index < -0.39 is 47.5 Å². The van der Waals surface area contributed by atoms with Crippen LogP contribution in [0.4, 0.5) is 0 Å². The molecule has 2 N–H and O–H groups in total. The van der Waals surface area contributed by atoms with Gasteiger partial charge in [0.05, 0.1) is 22.3 Å². The molecule has 6 amide bonds. The highest BCUT2D eigenvalue weighted by Gasteiger charge is 2.44. The van der Waals surface area contributed by atoms with Gasteiger partial charge >= 0.3 is 0 Å². The minimum atomic E-state index is -1.04. The zero-order valence-electron chi connectivity index (χ0n) is 26.1. The molecule has 0 saturated heterocycles. The minimum absolute atomic E-state index is 0.162. The highest BCUT2D eigenvalue weighted by molar-refractivity contribution is 6.23. The Morgan fingerprint density at radius 1 is 0.458 bits per heavy atom. The van der Waals surface area contributed by atoms with Crippen LogP contribution in [0.1, 0.15) is 65.4 Å². The monoisotopic (exact) mass is 642 g/mol. The van der Waals surface area contributed by atoms with Crippen LogP contribution in [-0.4, -0.2) is 70.4 Å². The smallest absolute Gasteiger partial charge is 0.262 e. The second kappa shape index (κ2) is 14.3. The van der Waals surface area contributed by atoms with E-state index in [2.05, 4.69) is 10.6 Å². The Hall–Kier alpha value is -5.90. The van der Waals surface area contributed by atoms with Crippen LogP contribution in [0.2, 0.25) is 0 Å². The molecule has 0 saturated carbocycles. The number of carbonyl (C=O) groups is 6. The van der Waals surface area contributed by atoms with Crippen LogP contribution in [0.25, 0.3) is 0 Å². The van der Waals surface area contributed by atoms with Crippen molar-refractivity contribution in [2.24, 2.45) is 0 Å². The maximum Gasteiger partial charge on any atom is 0.262 e. The van der Waals surface area contributed by atoms with Gasteiger partial charge in [0.15, 0.2) is 0 Å². The number of benzene rings is 4.